The number of ketones is 1. The molecule has 1 aromatic carbocycles. The first kappa shape index (κ1) is 107. The Bertz CT molecular complexity index is 3690. The standard InChI is InChI=1S/C85H136N14O34/c1-60(100)87-69-72(105)75(108)83(57-128-78(69)131-83)54-121-41-38-118-35-32-115-29-26-112-23-20-97-44-64(91-94-97)48-124-51-82(90-68(104)18-12-5-4-10-16-67(103)17-11-7-13-19-86-81(111)127-47-63-14-8-6-9-15-63,52-125-49-65-45-98(95-92-65)21-24-113-27-30-116-33-36-119-39-42-122-55-84-58-129-79(132-84)70(88-61(2)101)73(106)76(84)109)53-126-50-66-46-99(96-93-66)22-25-114-28-31-117-34-37-120-40-43-123-56-85-59-130-80(133-85)71(89-62(3)102)74(107)77(85)110/h6,8-9,14-15,44-46,69-80,105-110H,4-5,7,10-13,16-43,47-59H2,1-3H3,(H,86,111)(H,87,100)(H,88,101)(H,89,102)(H,90,104)/t69-,70-,71-,72-,73-,74-,75-,76-,77-,78+,79+,80+,83+,84+,85+/m1/s1. The van der Waals surface area contributed by atoms with Crippen LogP contribution in [0.4, 0.5) is 4.79 Å². The van der Waals surface area contributed by atoms with Gasteiger partial charge in [0.2, 0.25) is 23.6 Å². The number of benzene rings is 1. The molecule has 5 amide bonds. The van der Waals surface area contributed by atoms with Crippen molar-refractivity contribution in [2.45, 2.75) is 227 Å². The Balaban J connectivity index is 0.654. The molecule has 0 aliphatic carbocycles. The Hall–Kier alpha value is -7.62. The summed E-state index contributed by atoms with van der Waals surface area (Å²) >= 11 is 0. The minimum atomic E-state index is -1.35. The Kier molecular flexibility index (Phi) is 47.0. The Morgan fingerprint density at radius 1 is 0.398 bits per heavy atom. The monoisotopic (exact) mass is 1900 g/mol. The summed E-state index contributed by atoms with van der Waals surface area (Å²) < 4.78 is 132. The van der Waals surface area contributed by atoms with Crippen molar-refractivity contribution in [3.05, 3.63) is 71.6 Å². The van der Waals surface area contributed by atoms with E-state index in [0.29, 0.717) is 148 Å². The van der Waals surface area contributed by atoms with Gasteiger partial charge in [0.05, 0.1) is 256 Å². The number of aromatic nitrogens is 9. The van der Waals surface area contributed by atoms with Crippen molar-refractivity contribution in [3.8, 4) is 0 Å². The molecule has 3 aromatic heterocycles. The predicted molar refractivity (Wildman–Crippen MR) is 455 cm³/mol. The highest BCUT2D eigenvalue weighted by atomic mass is 16.8. The first-order valence-corrected chi connectivity index (χ1v) is 45.4. The third-order valence-corrected chi connectivity index (χ3v) is 22.3. The number of aliphatic hydroxyl groups excluding tert-OH is 6. The smallest absolute Gasteiger partial charge is 0.407 e. The number of unbranched alkanes of at least 4 members (excludes halogenated alkanes) is 5. The number of rotatable bonds is 73. The topological polar surface area (TPSA) is 579 Å². The Morgan fingerprint density at radius 2 is 0.714 bits per heavy atom. The number of aliphatic hydroxyl groups is 6. The van der Waals surface area contributed by atoms with Crippen molar-refractivity contribution in [3.63, 3.8) is 0 Å². The van der Waals surface area contributed by atoms with Gasteiger partial charge in [-0.1, -0.05) is 65.2 Å². The molecule has 48 heteroatoms. The van der Waals surface area contributed by atoms with E-state index in [0.717, 1.165) is 18.4 Å². The molecule has 48 nitrogen and oxygen atoms in total. The summed E-state index contributed by atoms with van der Waals surface area (Å²) in [5.41, 5.74) is -2.80. The minimum absolute atomic E-state index is 0.0198. The zero-order valence-electron chi connectivity index (χ0n) is 76.1. The number of hydrogen-bond donors (Lipinski definition) is 11. The van der Waals surface area contributed by atoms with Crippen LogP contribution in [0.2, 0.25) is 0 Å². The van der Waals surface area contributed by atoms with Crippen LogP contribution in [0.15, 0.2) is 48.9 Å². The second kappa shape index (κ2) is 58.2. The molecule has 9 heterocycles. The van der Waals surface area contributed by atoms with Crippen molar-refractivity contribution in [2.24, 2.45) is 0 Å². The van der Waals surface area contributed by atoms with Gasteiger partial charge < -0.3 is 161 Å². The number of amides is 5. The number of fused-ring (bicyclic) bond motifs is 6. The summed E-state index contributed by atoms with van der Waals surface area (Å²) in [6, 6.07) is 6.67. The van der Waals surface area contributed by atoms with Crippen molar-refractivity contribution in [2.75, 3.05) is 205 Å². The van der Waals surface area contributed by atoms with Gasteiger partial charge in [-0.3, -0.25) is 24.0 Å². The average molecular weight is 1900 g/mol. The van der Waals surface area contributed by atoms with Gasteiger partial charge in [0.25, 0.3) is 0 Å². The number of hydrogen-bond acceptors (Lipinski definition) is 40. The van der Waals surface area contributed by atoms with Gasteiger partial charge in [0.15, 0.2) is 18.9 Å². The van der Waals surface area contributed by atoms with Crippen LogP contribution in [0, 0.1) is 0 Å². The molecule has 0 unspecified atom stereocenters. The maximum atomic E-state index is 14.3. The third-order valence-electron chi connectivity index (χ3n) is 22.3. The Morgan fingerprint density at radius 3 is 1.05 bits per heavy atom. The second-order valence-electron chi connectivity index (χ2n) is 33.2. The highest BCUT2D eigenvalue weighted by molar-refractivity contribution is 5.78. The maximum Gasteiger partial charge on any atom is 0.407 e. The molecule has 11 N–H and O–H groups in total. The van der Waals surface area contributed by atoms with E-state index >= 15 is 0 Å². The van der Waals surface area contributed by atoms with E-state index in [2.05, 4.69) is 57.5 Å². The molecule has 0 radical (unpaired) electrons. The van der Waals surface area contributed by atoms with E-state index < -0.39 is 120 Å². The fraction of sp³-hybridized carbons (Fsp3) is 0.788. The number of Topliss-reactive ketones (excluding diaryl/α,β-unsaturated/α-hetero) is 1. The summed E-state index contributed by atoms with van der Waals surface area (Å²) in [5, 5.41) is 104. The highest BCUT2D eigenvalue weighted by Gasteiger charge is 2.62. The van der Waals surface area contributed by atoms with Crippen LogP contribution >= 0.6 is 0 Å². The van der Waals surface area contributed by atoms with E-state index in [1.165, 1.54) is 20.8 Å². The van der Waals surface area contributed by atoms with Gasteiger partial charge in [-0.15, -0.1) is 15.3 Å². The van der Waals surface area contributed by atoms with Crippen molar-refractivity contribution < 1.29 is 164 Å². The summed E-state index contributed by atoms with van der Waals surface area (Å²) in [5.74, 6) is -1.32. The fourth-order valence-electron chi connectivity index (χ4n) is 15.3. The maximum absolute atomic E-state index is 14.3. The number of ether oxygens (including phenoxy) is 22. The zero-order chi connectivity index (χ0) is 94.4. The molecule has 6 bridgehead atoms. The third kappa shape index (κ3) is 36.3. The molecule has 6 saturated heterocycles. The molecule has 6 fully saturated rings. The largest absolute Gasteiger partial charge is 0.445 e. The van der Waals surface area contributed by atoms with Gasteiger partial charge in [-0.25, -0.2) is 18.8 Å². The minimum Gasteiger partial charge on any atom is -0.445 e. The van der Waals surface area contributed by atoms with Gasteiger partial charge in [-0.05, 0) is 31.2 Å². The van der Waals surface area contributed by atoms with Gasteiger partial charge in [0.1, 0.15) is 107 Å². The normalized spacial score (nSPS) is 24.7. The summed E-state index contributed by atoms with van der Waals surface area (Å²) in [4.78, 5) is 74.2. The van der Waals surface area contributed by atoms with Crippen LogP contribution in [0.25, 0.3) is 0 Å². The van der Waals surface area contributed by atoms with E-state index in [9.17, 15) is 59.4 Å². The molecule has 750 valence electrons. The lowest BCUT2D eigenvalue weighted by Crippen LogP contribution is -2.66. The average Bonchev–Trinajstić information content (AvgIpc) is 1.62. The lowest BCUT2D eigenvalue weighted by Gasteiger charge is -2.42. The molecule has 6 aliphatic heterocycles. The van der Waals surface area contributed by atoms with E-state index in [4.69, 9.17) is 104 Å². The summed E-state index contributed by atoms with van der Waals surface area (Å²) in [6.45, 7) is 10.5. The van der Waals surface area contributed by atoms with Gasteiger partial charge in [0, 0.05) is 46.6 Å². The predicted octanol–water partition coefficient (Wildman–Crippen LogP) is -3.08. The van der Waals surface area contributed by atoms with E-state index in [1.807, 2.05) is 30.3 Å². The Labute approximate surface area is 771 Å². The lowest BCUT2D eigenvalue weighted by atomic mass is 9.88. The highest BCUT2D eigenvalue weighted by Crippen LogP contribution is 2.40. The van der Waals surface area contributed by atoms with Crippen LogP contribution < -0.4 is 26.6 Å². The van der Waals surface area contributed by atoms with Crippen molar-refractivity contribution in [1.82, 2.24) is 71.6 Å². The molecular formula is C85H136N14O34. The first-order valence-electron chi connectivity index (χ1n) is 45.4. The zero-order valence-corrected chi connectivity index (χ0v) is 76.1. The van der Waals surface area contributed by atoms with Crippen molar-refractivity contribution >= 4 is 35.5 Å². The number of alkyl carbamates (subject to hydrolysis) is 1. The summed E-state index contributed by atoms with van der Waals surface area (Å²) in [6.07, 6.45) is -0.225. The van der Waals surface area contributed by atoms with E-state index in [1.54, 1.807) is 32.6 Å². The number of nitrogens with one attached hydrogen (secondary N) is 5. The summed E-state index contributed by atoms with van der Waals surface area (Å²) in [7, 11) is 0. The molecule has 0 spiro atoms. The number of carbonyl (C=O) groups is 6. The quantitative estimate of drug-likeness (QED) is 0.0195. The van der Waals surface area contributed by atoms with Crippen LogP contribution in [0.3, 0.4) is 0 Å². The van der Waals surface area contributed by atoms with Gasteiger partial charge >= 0.3 is 6.09 Å². The first-order chi connectivity index (χ1) is 64.5. The van der Waals surface area contributed by atoms with Crippen LogP contribution in [-0.4, -0.2) is 412 Å². The molecule has 15 atom stereocenters. The molecule has 4 aromatic rings. The number of carbonyl (C=O) groups excluding carboxylic acids is 6. The SMILES string of the molecule is CC(=O)N[C@H]1[C@H]2OC[C@](COCCOCCOCCOCCn3cc(COCC(COCc4cn(CCOCCOCCOCCOC[C@@]56CO[C@@H](O5)[C@H](NC(C)=O)[C@@H](O)[C@H]6O)nn4)(COCc4cn(CCOCCOCCOCCOC[C@@]56CO[C@@H](O5)[C@H](NC(C)=O)[C@@H](O)[C@H]6O)nn4)NC(=O)CCCCCCC(=O)CCCCCNC(=O)OCc4ccccc4)nn3)(O2)[C@H](O)[C@@H]1O. The van der Waals surface area contributed by atoms with Crippen LogP contribution in [-0.2, 0) is 174 Å². The van der Waals surface area contributed by atoms with Crippen LogP contribution in [0.5, 0.6) is 0 Å². The second-order valence-corrected chi connectivity index (χ2v) is 33.2. The molecular weight excluding hydrogens is 1760 g/mol. The van der Waals surface area contributed by atoms with Crippen molar-refractivity contribution in [1.29, 1.82) is 0 Å². The molecule has 133 heavy (non-hydrogen) atoms. The van der Waals surface area contributed by atoms with Gasteiger partial charge in [-0.2, -0.15) is 0 Å². The molecule has 10 rings (SSSR count). The van der Waals surface area contributed by atoms with E-state index in [-0.39, 0.29) is 183 Å². The lowest BCUT2D eigenvalue weighted by molar-refractivity contribution is -0.238. The van der Waals surface area contributed by atoms with Crippen LogP contribution in [0.1, 0.15) is 108 Å². The number of nitrogens with zero attached hydrogens (tertiary/aromatic N) is 9. The molecule has 6 aliphatic rings. The fourth-order valence-corrected chi connectivity index (χ4v) is 15.3. The molecule has 0 saturated carbocycles.